The van der Waals surface area contributed by atoms with Crippen LogP contribution in [0.3, 0.4) is 0 Å². The van der Waals surface area contributed by atoms with Gasteiger partial charge in [-0.15, -0.1) is 0 Å². The largest absolute Gasteiger partial charge is 0.450 e. The average molecular weight is 639 g/mol. The van der Waals surface area contributed by atoms with Gasteiger partial charge in [0.15, 0.2) is 5.82 Å². The zero-order chi connectivity index (χ0) is 33.7. The molecule has 1 saturated heterocycles. The number of aliphatic imine (C=N–C) groups is 1. The van der Waals surface area contributed by atoms with Gasteiger partial charge in [-0.05, 0) is 50.6 Å². The molecule has 46 heavy (non-hydrogen) atoms. The van der Waals surface area contributed by atoms with Gasteiger partial charge in [-0.2, -0.15) is 0 Å². The van der Waals surface area contributed by atoms with Crippen molar-refractivity contribution in [3.63, 3.8) is 0 Å². The first-order valence-corrected chi connectivity index (χ1v) is 15.0. The number of anilines is 1. The number of hydrogen-bond acceptors (Lipinski definition) is 11. The quantitative estimate of drug-likeness (QED) is 0.242. The van der Waals surface area contributed by atoms with E-state index in [-0.39, 0.29) is 18.7 Å². The third-order valence-electron chi connectivity index (χ3n) is 6.53. The third kappa shape index (κ3) is 12.0. The van der Waals surface area contributed by atoms with Crippen LogP contribution in [0.1, 0.15) is 26.5 Å². The number of ether oxygens (including phenoxy) is 3. The number of carbonyl (C=O) groups is 2. The second-order valence-electron chi connectivity index (χ2n) is 9.45. The van der Waals surface area contributed by atoms with Crippen molar-refractivity contribution in [3.8, 4) is 22.5 Å². The van der Waals surface area contributed by atoms with Crippen molar-refractivity contribution < 1.29 is 28.9 Å². The van der Waals surface area contributed by atoms with Crippen LogP contribution in [0, 0.1) is 0 Å². The minimum atomic E-state index is -0.600. The second-order valence-corrected chi connectivity index (χ2v) is 9.45. The van der Waals surface area contributed by atoms with E-state index in [9.17, 15) is 9.59 Å². The number of alkyl carbamates (subject to hydrolysis) is 1. The summed E-state index contributed by atoms with van der Waals surface area (Å²) in [6.45, 7) is 10.5. The first-order valence-electron chi connectivity index (χ1n) is 15.0. The fourth-order valence-corrected chi connectivity index (χ4v) is 4.21. The van der Waals surface area contributed by atoms with Crippen molar-refractivity contribution in [1.29, 1.82) is 0 Å². The maximum absolute atomic E-state index is 11.9. The molecule has 2 aromatic heterocycles. The van der Waals surface area contributed by atoms with Gasteiger partial charge in [0.05, 0.1) is 24.6 Å². The van der Waals surface area contributed by atoms with Crippen LogP contribution >= 0.6 is 0 Å². The van der Waals surface area contributed by atoms with E-state index in [0.717, 1.165) is 49.2 Å². The van der Waals surface area contributed by atoms with Crippen molar-refractivity contribution in [3.05, 3.63) is 60.7 Å². The smallest absolute Gasteiger partial charge is 0.413 e. The lowest BCUT2D eigenvalue weighted by atomic mass is 10.0. The summed E-state index contributed by atoms with van der Waals surface area (Å²) in [6.07, 6.45) is 4.35. The van der Waals surface area contributed by atoms with Gasteiger partial charge in [-0.3, -0.25) is 20.2 Å². The predicted molar refractivity (Wildman–Crippen MR) is 177 cm³/mol. The third-order valence-corrected chi connectivity index (χ3v) is 6.53. The fourth-order valence-electron chi connectivity index (χ4n) is 4.21. The normalized spacial score (nSPS) is 12.9. The number of methoxy groups -OCH3 is 1. The lowest BCUT2D eigenvalue weighted by Crippen LogP contribution is -2.48. The Balaban J connectivity index is 0.00000114. The van der Waals surface area contributed by atoms with Gasteiger partial charge in [0, 0.05) is 90.3 Å². The van der Waals surface area contributed by atoms with Crippen LogP contribution in [0.2, 0.25) is 0 Å². The maximum Gasteiger partial charge on any atom is 0.413 e. The standard InChI is InChI=1S/C28H34N8O4.C3H8O.CH4O/c1-4-39-27(37)34-26(29-3)33-24-10-8-20(17-23(24)25-30-11-6-12-31-25)21-7-9-22(32-18-21)19-35-13-15-36(16-14-35)28(38)40-5-2;1-3-4-2;1-2/h6-12,17-18H,4-5,13-16,19H2,1-3H3,(H2,29,33,34,37);3H2,1-2H3;2H,1H3. The van der Waals surface area contributed by atoms with Crippen LogP contribution in [0.25, 0.3) is 22.5 Å². The summed E-state index contributed by atoms with van der Waals surface area (Å²) in [6, 6.07) is 11.6. The number of carbonyl (C=O) groups excluding carboxylic acids is 2. The molecule has 3 heterocycles. The molecular formula is C32H46N8O6. The number of nitrogens with zero attached hydrogens (tertiary/aromatic N) is 6. The highest BCUT2D eigenvalue weighted by molar-refractivity contribution is 6.04. The molecule has 0 bridgehead atoms. The van der Waals surface area contributed by atoms with Crippen molar-refractivity contribution in [2.45, 2.75) is 27.3 Å². The number of piperazine rings is 1. The maximum atomic E-state index is 11.9. The highest BCUT2D eigenvalue weighted by atomic mass is 16.6. The average Bonchev–Trinajstić information content (AvgIpc) is 3.10. The molecule has 0 spiro atoms. The van der Waals surface area contributed by atoms with E-state index >= 15 is 0 Å². The molecule has 0 unspecified atom stereocenters. The number of benzene rings is 1. The molecule has 0 saturated carbocycles. The summed E-state index contributed by atoms with van der Waals surface area (Å²) in [5.41, 5.74) is 4.22. The van der Waals surface area contributed by atoms with E-state index in [2.05, 4.69) is 35.2 Å². The topological polar surface area (TPSA) is 164 Å². The molecule has 14 nitrogen and oxygen atoms in total. The molecular weight excluding hydrogens is 592 g/mol. The van der Waals surface area contributed by atoms with E-state index in [0.29, 0.717) is 37.8 Å². The molecule has 4 rings (SSSR count). The molecule has 1 aliphatic heterocycles. The minimum Gasteiger partial charge on any atom is -0.450 e. The Kier molecular flexibility index (Phi) is 17.2. The Morgan fingerprint density at radius 2 is 1.57 bits per heavy atom. The Bertz CT molecular complexity index is 1350. The summed E-state index contributed by atoms with van der Waals surface area (Å²) in [5.74, 6) is 0.752. The van der Waals surface area contributed by atoms with Crippen LogP contribution in [-0.4, -0.2) is 115 Å². The zero-order valence-corrected chi connectivity index (χ0v) is 27.5. The van der Waals surface area contributed by atoms with Crippen LogP contribution in [0.4, 0.5) is 15.3 Å². The van der Waals surface area contributed by atoms with E-state index < -0.39 is 6.09 Å². The fraction of sp³-hybridized carbons (Fsp3) is 0.438. The number of aromatic nitrogens is 3. The summed E-state index contributed by atoms with van der Waals surface area (Å²) in [5, 5.41) is 12.7. The summed E-state index contributed by atoms with van der Waals surface area (Å²) in [4.78, 5) is 45.5. The van der Waals surface area contributed by atoms with Crippen LogP contribution in [0.15, 0.2) is 60.0 Å². The molecule has 3 N–H and O–H groups in total. The lowest BCUT2D eigenvalue weighted by Gasteiger charge is -2.33. The number of guanidine groups is 1. The van der Waals surface area contributed by atoms with Crippen LogP contribution in [-0.2, 0) is 20.8 Å². The van der Waals surface area contributed by atoms with Gasteiger partial charge in [0.1, 0.15) is 0 Å². The van der Waals surface area contributed by atoms with Gasteiger partial charge in [0.25, 0.3) is 0 Å². The number of amides is 2. The number of aliphatic hydroxyl groups is 1. The highest BCUT2D eigenvalue weighted by Crippen LogP contribution is 2.31. The van der Waals surface area contributed by atoms with Crippen LogP contribution in [0.5, 0.6) is 0 Å². The van der Waals surface area contributed by atoms with E-state index in [4.69, 9.17) is 19.6 Å². The Labute approximate surface area is 270 Å². The predicted octanol–water partition coefficient (Wildman–Crippen LogP) is 3.88. The van der Waals surface area contributed by atoms with E-state index in [1.54, 1.807) is 44.4 Å². The number of rotatable bonds is 8. The summed E-state index contributed by atoms with van der Waals surface area (Å²) >= 11 is 0. The first kappa shape index (κ1) is 37.5. The van der Waals surface area contributed by atoms with Gasteiger partial charge in [-0.1, -0.05) is 12.1 Å². The van der Waals surface area contributed by atoms with Crippen molar-refractivity contribution >= 4 is 23.8 Å². The number of pyridine rings is 1. The lowest BCUT2D eigenvalue weighted by molar-refractivity contribution is 0.0775. The number of nitrogens with one attached hydrogen (secondary N) is 2. The molecule has 14 heteroatoms. The zero-order valence-electron chi connectivity index (χ0n) is 27.5. The van der Waals surface area contributed by atoms with Crippen molar-refractivity contribution in [1.82, 2.24) is 30.1 Å². The molecule has 1 aromatic carbocycles. The summed E-state index contributed by atoms with van der Waals surface area (Å²) < 4.78 is 14.6. The minimum absolute atomic E-state index is 0.234. The van der Waals surface area contributed by atoms with Gasteiger partial charge in [-0.25, -0.2) is 19.6 Å². The molecule has 250 valence electrons. The van der Waals surface area contributed by atoms with E-state index in [1.807, 2.05) is 50.4 Å². The van der Waals surface area contributed by atoms with Crippen molar-refractivity contribution in [2.75, 3.05) is 72.6 Å². The van der Waals surface area contributed by atoms with Crippen molar-refractivity contribution in [2.24, 2.45) is 4.99 Å². The SMILES string of the molecule is CCOC.CCOC(=O)NC(=NC)Nc1ccc(-c2ccc(CN3CCN(C(=O)OCC)CC3)nc2)cc1-c1ncccn1.CO. The number of hydrogen-bond donors (Lipinski definition) is 3. The van der Waals surface area contributed by atoms with E-state index in [1.165, 1.54) is 0 Å². The molecule has 1 aliphatic rings. The number of aliphatic hydroxyl groups excluding tert-OH is 1. The molecule has 3 aromatic rings. The van der Waals surface area contributed by atoms with Gasteiger partial charge in [0.2, 0.25) is 5.96 Å². The highest BCUT2D eigenvalue weighted by Gasteiger charge is 2.22. The molecule has 0 aliphatic carbocycles. The van der Waals surface area contributed by atoms with Gasteiger partial charge >= 0.3 is 12.2 Å². The monoisotopic (exact) mass is 638 g/mol. The second kappa shape index (κ2) is 21.1. The Morgan fingerprint density at radius 3 is 2.13 bits per heavy atom. The molecule has 2 amide bonds. The molecule has 1 fully saturated rings. The molecule has 0 atom stereocenters. The molecule has 0 radical (unpaired) electrons. The van der Waals surface area contributed by atoms with Crippen LogP contribution < -0.4 is 10.6 Å². The Morgan fingerprint density at radius 1 is 0.913 bits per heavy atom. The summed E-state index contributed by atoms with van der Waals surface area (Å²) in [7, 11) is 4.25. The Hall–Kier alpha value is -4.66. The first-order chi connectivity index (χ1) is 22.4. The van der Waals surface area contributed by atoms with Gasteiger partial charge < -0.3 is 29.5 Å².